The molecular formula is C16H18FN3S. The fourth-order valence-electron chi connectivity index (χ4n) is 2.54. The minimum Gasteiger partial charge on any atom is -0.324 e. The van der Waals surface area contributed by atoms with Crippen LogP contribution in [-0.4, -0.2) is 9.97 Å². The molecule has 3 rings (SSSR count). The van der Waals surface area contributed by atoms with Gasteiger partial charge >= 0.3 is 0 Å². The molecule has 0 aliphatic heterocycles. The Balaban J connectivity index is 1.71. The Morgan fingerprint density at radius 3 is 2.86 bits per heavy atom. The Hall–Kier alpha value is -1.46. The summed E-state index contributed by atoms with van der Waals surface area (Å²) in [6.07, 6.45) is 6.18. The second-order valence-electron chi connectivity index (χ2n) is 5.28. The molecule has 1 heterocycles. The van der Waals surface area contributed by atoms with Gasteiger partial charge in [0.2, 0.25) is 0 Å². The van der Waals surface area contributed by atoms with Crippen LogP contribution < -0.4 is 5.73 Å². The van der Waals surface area contributed by atoms with E-state index in [9.17, 15) is 4.39 Å². The zero-order valence-electron chi connectivity index (χ0n) is 11.8. The lowest BCUT2D eigenvalue weighted by Crippen LogP contribution is -2.13. The van der Waals surface area contributed by atoms with Crippen molar-refractivity contribution in [3.8, 4) is 0 Å². The number of aryl methyl sites for hydroxylation is 1. The molecule has 1 aromatic heterocycles. The van der Waals surface area contributed by atoms with Crippen molar-refractivity contribution in [1.82, 2.24) is 9.97 Å². The molecule has 3 nitrogen and oxygen atoms in total. The molecular weight excluding hydrogens is 285 g/mol. The molecule has 1 atom stereocenters. The van der Waals surface area contributed by atoms with Gasteiger partial charge in [0.1, 0.15) is 11.6 Å². The van der Waals surface area contributed by atoms with Gasteiger partial charge in [-0.05, 0) is 43.5 Å². The van der Waals surface area contributed by atoms with E-state index in [4.69, 9.17) is 5.73 Å². The third kappa shape index (κ3) is 3.60. The third-order valence-corrected chi connectivity index (χ3v) is 4.72. The summed E-state index contributed by atoms with van der Waals surface area (Å²) in [5.41, 5.74) is 8.36. The molecule has 0 saturated heterocycles. The molecule has 0 radical (unpaired) electrons. The molecule has 1 aliphatic rings. The van der Waals surface area contributed by atoms with E-state index in [2.05, 4.69) is 9.97 Å². The van der Waals surface area contributed by atoms with Gasteiger partial charge in [0, 0.05) is 28.4 Å². The minimum absolute atomic E-state index is 0.0706. The summed E-state index contributed by atoms with van der Waals surface area (Å²) in [7, 11) is 0. The topological polar surface area (TPSA) is 51.8 Å². The van der Waals surface area contributed by atoms with E-state index in [1.165, 1.54) is 12.1 Å². The van der Waals surface area contributed by atoms with Crippen molar-refractivity contribution in [2.75, 3.05) is 0 Å². The molecule has 110 valence electrons. The zero-order chi connectivity index (χ0) is 14.7. The molecule has 1 aromatic carbocycles. The number of aromatic nitrogens is 2. The van der Waals surface area contributed by atoms with Gasteiger partial charge in [0.25, 0.3) is 0 Å². The Labute approximate surface area is 128 Å². The van der Waals surface area contributed by atoms with Crippen molar-refractivity contribution in [3.63, 3.8) is 0 Å². The van der Waals surface area contributed by atoms with Crippen molar-refractivity contribution in [1.29, 1.82) is 0 Å². The van der Waals surface area contributed by atoms with Crippen molar-refractivity contribution in [2.24, 2.45) is 5.73 Å². The van der Waals surface area contributed by atoms with E-state index in [1.807, 2.05) is 6.20 Å². The predicted octanol–water partition coefficient (Wildman–Crippen LogP) is 3.63. The number of halogens is 1. The van der Waals surface area contributed by atoms with Crippen LogP contribution in [0.3, 0.4) is 0 Å². The number of rotatable bonds is 3. The first-order chi connectivity index (χ1) is 10.2. The minimum atomic E-state index is -0.213. The van der Waals surface area contributed by atoms with Gasteiger partial charge in [0.15, 0.2) is 0 Å². The summed E-state index contributed by atoms with van der Waals surface area (Å²) in [6, 6.07) is 6.57. The van der Waals surface area contributed by atoms with Crippen LogP contribution in [0.5, 0.6) is 0 Å². The van der Waals surface area contributed by atoms with Crippen molar-refractivity contribution >= 4 is 11.8 Å². The highest BCUT2D eigenvalue weighted by molar-refractivity contribution is 7.98. The maximum atomic E-state index is 12.9. The van der Waals surface area contributed by atoms with Crippen LogP contribution in [0, 0.1) is 5.82 Å². The number of nitrogens with two attached hydrogens (primary N) is 1. The van der Waals surface area contributed by atoms with Gasteiger partial charge in [-0.1, -0.05) is 6.42 Å². The van der Waals surface area contributed by atoms with E-state index in [-0.39, 0.29) is 11.9 Å². The molecule has 0 spiro atoms. The van der Waals surface area contributed by atoms with Crippen LogP contribution in [0.4, 0.5) is 4.39 Å². The van der Waals surface area contributed by atoms with Gasteiger partial charge in [-0.3, -0.25) is 0 Å². The first kappa shape index (κ1) is 14.5. The second-order valence-corrected chi connectivity index (χ2v) is 6.33. The van der Waals surface area contributed by atoms with Gasteiger partial charge in [-0.15, -0.1) is 11.8 Å². The molecule has 0 amide bonds. The molecule has 0 saturated carbocycles. The van der Waals surface area contributed by atoms with Crippen LogP contribution in [0.15, 0.2) is 35.4 Å². The maximum absolute atomic E-state index is 12.9. The highest BCUT2D eigenvalue weighted by Crippen LogP contribution is 2.26. The Kier molecular flexibility index (Phi) is 4.51. The molecule has 5 heteroatoms. The number of hydrogen-bond acceptors (Lipinski definition) is 4. The van der Waals surface area contributed by atoms with E-state index in [0.29, 0.717) is 5.75 Å². The fourth-order valence-corrected chi connectivity index (χ4v) is 3.30. The highest BCUT2D eigenvalue weighted by Gasteiger charge is 2.17. The van der Waals surface area contributed by atoms with E-state index in [0.717, 1.165) is 47.7 Å². The van der Waals surface area contributed by atoms with Gasteiger partial charge in [0.05, 0.1) is 5.75 Å². The SMILES string of the molecule is NC1CCCCc2nc(CSc3ccc(F)cc3)ncc21. The number of nitrogens with zero attached hydrogens (tertiary/aromatic N) is 2. The summed E-state index contributed by atoms with van der Waals surface area (Å²) in [6.45, 7) is 0. The van der Waals surface area contributed by atoms with Crippen molar-refractivity contribution in [2.45, 2.75) is 42.4 Å². The van der Waals surface area contributed by atoms with Crippen LogP contribution in [0.1, 0.15) is 42.4 Å². The lowest BCUT2D eigenvalue weighted by atomic mass is 10.1. The predicted molar refractivity (Wildman–Crippen MR) is 82.5 cm³/mol. The van der Waals surface area contributed by atoms with Crippen LogP contribution in [0.2, 0.25) is 0 Å². The quantitative estimate of drug-likeness (QED) is 0.695. The molecule has 0 bridgehead atoms. The lowest BCUT2D eigenvalue weighted by molar-refractivity contribution is 0.614. The summed E-state index contributed by atoms with van der Waals surface area (Å²) in [4.78, 5) is 10.1. The van der Waals surface area contributed by atoms with Crippen molar-refractivity contribution < 1.29 is 4.39 Å². The number of hydrogen-bond donors (Lipinski definition) is 1. The number of thioether (sulfide) groups is 1. The zero-order valence-corrected chi connectivity index (χ0v) is 12.6. The normalized spacial score (nSPS) is 18.1. The average Bonchev–Trinajstić information content (AvgIpc) is 2.68. The molecule has 2 aromatic rings. The molecule has 2 N–H and O–H groups in total. The van der Waals surface area contributed by atoms with E-state index < -0.39 is 0 Å². The Bertz CT molecular complexity index is 615. The van der Waals surface area contributed by atoms with Crippen LogP contribution in [0.25, 0.3) is 0 Å². The summed E-state index contributed by atoms with van der Waals surface area (Å²) < 4.78 is 12.9. The molecule has 1 unspecified atom stereocenters. The number of fused-ring (bicyclic) bond motifs is 1. The first-order valence-electron chi connectivity index (χ1n) is 7.21. The second kappa shape index (κ2) is 6.54. The first-order valence-corrected chi connectivity index (χ1v) is 8.19. The van der Waals surface area contributed by atoms with Gasteiger partial charge < -0.3 is 5.73 Å². The van der Waals surface area contributed by atoms with E-state index in [1.54, 1.807) is 23.9 Å². The van der Waals surface area contributed by atoms with E-state index >= 15 is 0 Å². The maximum Gasteiger partial charge on any atom is 0.138 e. The lowest BCUT2D eigenvalue weighted by Gasteiger charge is -2.12. The largest absolute Gasteiger partial charge is 0.324 e. The van der Waals surface area contributed by atoms with Gasteiger partial charge in [-0.2, -0.15) is 0 Å². The average molecular weight is 303 g/mol. The summed E-state index contributed by atoms with van der Waals surface area (Å²) >= 11 is 1.62. The van der Waals surface area contributed by atoms with Crippen LogP contribution in [-0.2, 0) is 12.2 Å². The summed E-state index contributed by atoms with van der Waals surface area (Å²) in [5.74, 6) is 1.29. The third-order valence-electron chi connectivity index (χ3n) is 3.71. The molecule has 0 fully saturated rings. The summed E-state index contributed by atoms with van der Waals surface area (Å²) in [5, 5.41) is 0. The fraction of sp³-hybridized carbons (Fsp3) is 0.375. The Morgan fingerprint density at radius 2 is 2.05 bits per heavy atom. The smallest absolute Gasteiger partial charge is 0.138 e. The monoisotopic (exact) mass is 303 g/mol. The molecule has 21 heavy (non-hydrogen) atoms. The number of benzene rings is 1. The Morgan fingerprint density at radius 1 is 1.24 bits per heavy atom. The van der Waals surface area contributed by atoms with Crippen molar-refractivity contribution in [3.05, 3.63) is 53.4 Å². The highest BCUT2D eigenvalue weighted by atomic mass is 32.2. The molecule has 1 aliphatic carbocycles. The van der Waals surface area contributed by atoms with Gasteiger partial charge in [-0.25, -0.2) is 14.4 Å². The standard InChI is InChI=1S/C16H18FN3S/c17-11-5-7-12(8-6-11)21-10-16-19-9-13-14(18)3-1-2-4-15(13)20-16/h5-9,14H,1-4,10,18H2. The van der Waals surface area contributed by atoms with Crippen LogP contribution >= 0.6 is 11.8 Å².